The third kappa shape index (κ3) is 4.30. The minimum absolute atomic E-state index is 0.0812. The SMILES string of the molecule is O=C(Nc1ccccc1C(=O)[O-])c1ccc(CSc2ccccc2)o1. The predicted molar refractivity (Wildman–Crippen MR) is 93.4 cm³/mol. The average molecular weight is 352 g/mol. The number of benzene rings is 2. The summed E-state index contributed by atoms with van der Waals surface area (Å²) in [5.41, 5.74) is 0.0892. The first-order valence-electron chi connectivity index (χ1n) is 7.52. The first-order chi connectivity index (χ1) is 12.1. The number of carboxylic acid groups (broad SMARTS) is 1. The molecule has 3 aromatic rings. The van der Waals surface area contributed by atoms with Crippen molar-refractivity contribution in [2.45, 2.75) is 10.6 Å². The van der Waals surface area contributed by atoms with Gasteiger partial charge in [-0.05, 0) is 30.3 Å². The maximum Gasteiger partial charge on any atom is 0.291 e. The summed E-state index contributed by atoms with van der Waals surface area (Å²) >= 11 is 1.60. The Labute approximate surface area is 148 Å². The van der Waals surface area contributed by atoms with Crippen LogP contribution < -0.4 is 10.4 Å². The van der Waals surface area contributed by atoms with E-state index < -0.39 is 11.9 Å². The molecule has 1 aromatic heterocycles. The fourth-order valence-corrected chi connectivity index (χ4v) is 3.02. The topological polar surface area (TPSA) is 82.4 Å². The Kier molecular flexibility index (Phi) is 5.20. The Morgan fingerprint density at radius 1 is 0.960 bits per heavy atom. The summed E-state index contributed by atoms with van der Waals surface area (Å²) in [6.07, 6.45) is 0. The van der Waals surface area contributed by atoms with Crippen molar-refractivity contribution in [3.05, 3.63) is 83.8 Å². The first-order valence-corrected chi connectivity index (χ1v) is 8.50. The van der Waals surface area contributed by atoms with Crippen LogP contribution in [0.3, 0.4) is 0 Å². The number of carboxylic acids is 1. The highest BCUT2D eigenvalue weighted by Crippen LogP contribution is 2.24. The average Bonchev–Trinajstić information content (AvgIpc) is 3.10. The highest BCUT2D eigenvalue weighted by Gasteiger charge is 2.13. The van der Waals surface area contributed by atoms with Gasteiger partial charge in [-0.25, -0.2) is 0 Å². The quantitative estimate of drug-likeness (QED) is 0.689. The number of aromatic carboxylic acids is 1. The van der Waals surface area contributed by atoms with E-state index in [1.54, 1.807) is 36.0 Å². The van der Waals surface area contributed by atoms with Gasteiger partial charge in [0.2, 0.25) is 0 Å². The lowest BCUT2D eigenvalue weighted by atomic mass is 10.2. The summed E-state index contributed by atoms with van der Waals surface area (Å²) < 4.78 is 5.54. The highest BCUT2D eigenvalue weighted by molar-refractivity contribution is 7.98. The van der Waals surface area contributed by atoms with E-state index in [2.05, 4.69) is 5.32 Å². The van der Waals surface area contributed by atoms with E-state index in [9.17, 15) is 14.7 Å². The van der Waals surface area contributed by atoms with E-state index in [1.165, 1.54) is 12.1 Å². The van der Waals surface area contributed by atoms with Crippen LogP contribution in [-0.4, -0.2) is 11.9 Å². The van der Waals surface area contributed by atoms with Gasteiger partial charge >= 0.3 is 0 Å². The van der Waals surface area contributed by atoms with Crippen molar-refractivity contribution in [1.29, 1.82) is 0 Å². The Morgan fingerprint density at radius 2 is 1.68 bits per heavy atom. The van der Waals surface area contributed by atoms with Crippen LogP contribution in [0, 0.1) is 0 Å². The zero-order chi connectivity index (χ0) is 17.6. The Hall–Kier alpha value is -2.99. The lowest BCUT2D eigenvalue weighted by Gasteiger charge is -2.10. The molecule has 1 heterocycles. The van der Waals surface area contributed by atoms with Gasteiger partial charge in [-0.1, -0.05) is 36.4 Å². The van der Waals surface area contributed by atoms with Crippen LogP contribution in [0.2, 0.25) is 0 Å². The molecule has 0 saturated heterocycles. The second-order valence-corrected chi connectivity index (χ2v) is 6.20. The number of para-hydroxylation sites is 1. The molecule has 1 amide bonds. The van der Waals surface area contributed by atoms with Crippen LogP contribution >= 0.6 is 11.8 Å². The summed E-state index contributed by atoms with van der Waals surface area (Å²) in [6, 6.07) is 19.2. The lowest BCUT2D eigenvalue weighted by molar-refractivity contribution is -0.254. The molecule has 6 heteroatoms. The van der Waals surface area contributed by atoms with Crippen LogP contribution in [-0.2, 0) is 5.75 Å². The number of hydrogen-bond acceptors (Lipinski definition) is 5. The maximum atomic E-state index is 12.3. The zero-order valence-corrected chi connectivity index (χ0v) is 13.9. The number of carbonyl (C=O) groups is 2. The second kappa shape index (κ2) is 7.72. The third-order valence-corrected chi connectivity index (χ3v) is 4.44. The molecule has 1 N–H and O–H groups in total. The van der Waals surface area contributed by atoms with Gasteiger partial charge in [-0.3, -0.25) is 4.79 Å². The van der Waals surface area contributed by atoms with Gasteiger partial charge in [0.05, 0.1) is 17.4 Å². The van der Waals surface area contributed by atoms with Gasteiger partial charge in [-0.15, -0.1) is 11.8 Å². The molecule has 0 aliphatic rings. The van der Waals surface area contributed by atoms with Crippen LogP contribution in [0.4, 0.5) is 5.69 Å². The molecule has 25 heavy (non-hydrogen) atoms. The number of hydrogen-bond donors (Lipinski definition) is 1. The number of nitrogens with one attached hydrogen (secondary N) is 1. The van der Waals surface area contributed by atoms with E-state index in [1.807, 2.05) is 30.3 Å². The first kappa shape index (κ1) is 16.9. The summed E-state index contributed by atoms with van der Waals surface area (Å²) in [6.45, 7) is 0. The lowest BCUT2D eigenvalue weighted by Crippen LogP contribution is -2.24. The predicted octanol–water partition coefficient (Wildman–Crippen LogP) is 3.19. The molecule has 2 aromatic carbocycles. The van der Waals surface area contributed by atoms with Crippen molar-refractivity contribution >= 4 is 29.3 Å². The molecular formula is C19H14NO4S-. The van der Waals surface area contributed by atoms with Crippen molar-refractivity contribution in [1.82, 2.24) is 0 Å². The minimum atomic E-state index is -1.35. The smallest absolute Gasteiger partial charge is 0.291 e. The van der Waals surface area contributed by atoms with Crippen LogP contribution in [0.25, 0.3) is 0 Å². The molecule has 5 nitrogen and oxygen atoms in total. The van der Waals surface area contributed by atoms with E-state index >= 15 is 0 Å². The van der Waals surface area contributed by atoms with Crippen molar-refractivity contribution in [2.24, 2.45) is 0 Å². The third-order valence-electron chi connectivity index (χ3n) is 3.40. The molecule has 0 fully saturated rings. The van der Waals surface area contributed by atoms with Crippen molar-refractivity contribution < 1.29 is 19.1 Å². The van der Waals surface area contributed by atoms with Gasteiger partial charge in [-0.2, -0.15) is 0 Å². The second-order valence-electron chi connectivity index (χ2n) is 5.15. The van der Waals surface area contributed by atoms with E-state index in [0.717, 1.165) is 4.90 Å². The Morgan fingerprint density at radius 3 is 2.44 bits per heavy atom. The van der Waals surface area contributed by atoms with Gasteiger partial charge < -0.3 is 19.6 Å². The number of carbonyl (C=O) groups excluding carboxylic acids is 2. The fourth-order valence-electron chi connectivity index (χ4n) is 2.20. The summed E-state index contributed by atoms with van der Waals surface area (Å²) in [5, 5.41) is 13.6. The van der Waals surface area contributed by atoms with Crippen molar-refractivity contribution in [3.63, 3.8) is 0 Å². The molecule has 0 aliphatic heterocycles. The molecular weight excluding hydrogens is 338 g/mol. The Bertz CT molecular complexity index is 889. The van der Waals surface area contributed by atoms with Crippen molar-refractivity contribution in [2.75, 3.05) is 5.32 Å². The number of amides is 1. The standard InChI is InChI=1S/C19H15NO4S/c21-18(20-16-9-5-4-8-15(16)19(22)23)17-11-10-13(24-17)12-25-14-6-2-1-3-7-14/h1-11H,12H2,(H,20,21)(H,22,23)/p-1. The minimum Gasteiger partial charge on any atom is -0.545 e. The largest absolute Gasteiger partial charge is 0.545 e. The van der Waals surface area contributed by atoms with E-state index in [-0.39, 0.29) is 17.0 Å². The molecule has 126 valence electrons. The Balaban J connectivity index is 1.66. The molecule has 0 spiro atoms. The van der Waals surface area contributed by atoms with Gasteiger partial charge in [0.25, 0.3) is 5.91 Å². The number of furan rings is 1. The van der Waals surface area contributed by atoms with E-state index in [0.29, 0.717) is 11.5 Å². The molecule has 0 atom stereocenters. The van der Waals surface area contributed by atoms with Crippen LogP contribution in [0.15, 0.2) is 76.0 Å². The summed E-state index contributed by atoms with van der Waals surface area (Å²) in [4.78, 5) is 24.4. The molecule has 0 radical (unpaired) electrons. The van der Waals surface area contributed by atoms with E-state index in [4.69, 9.17) is 4.42 Å². The summed E-state index contributed by atoms with van der Waals surface area (Å²) in [5.74, 6) is -0.489. The van der Waals surface area contributed by atoms with Gasteiger partial charge in [0.15, 0.2) is 5.76 Å². The van der Waals surface area contributed by atoms with Crippen LogP contribution in [0.5, 0.6) is 0 Å². The molecule has 3 rings (SSSR count). The molecule has 0 bridgehead atoms. The van der Waals surface area contributed by atoms with Crippen LogP contribution in [0.1, 0.15) is 26.7 Å². The number of rotatable bonds is 6. The monoisotopic (exact) mass is 352 g/mol. The number of anilines is 1. The fraction of sp³-hybridized carbons (Fsp3) is 0.0526. The summed E-state index contributed by atoms with van der Waals surface area (Å²) in [7, 11) is 0. The number of thioether (sulfide) groups is 1. The molecule has 0 saturated carbocycles. The zero-order valence-electron chi connectivity index (χ0n) is 13.1. The highest BCUT2D eigenvalue weighted by atomic mass is 32.2. The molecule has 0 unspecified atom stereocenters. The molecule has 0 aliphatic carbocycles. The van der Waals surface area contributed by atoms with Gasteiger partial charge in [0, 0.05) is 10.5 Å². The van der Waals surface area contributed by atoms with Crippen molar-refractivity contribution in [3.8, 4) is 0 Å². The maximum absolute atomic E-state index is 12.3. The normalized spacial score (nSPS) is 10.4. The van der Waals surface area contributed by atoms with Gasteiger partial charge in [0.1, 0.15) is 5.76 Å².